The van der Waals surface area contributed by atoms with Crippen molar-refractivity contribution in [1.29, 1.82) is 0 Å². The van der Waals surface area contributed by atoms with Crippen LogP contribution in [0.5, 0.6) is 11.5 Å². The van der Waals surface area contributed by atoms with Crippen LogP contribution in [0.15, 0.2) is 85.5 Å². The van der Waals surface area contributed by atoms with Crippen LogP contribution in [0.2, 0.25) is 0 Å². The molecule has 0 saturated heterocycles. The zero-order valence-corrected chi connectivity index (χ0v) is 17.5. The molecule has 0 radical (unpaired) electrons. The Morgan fingerprint density at radius 2 is 1.12 bits per heavy atom. The Labute approximate surface area is 189 Å². The number of benzene rings is 4. The van der Waals surface area contributed by atoms with Crippen molar-refractivity contribution in [3.63, 3.8) is 0 Å². The van der Waals surface area contributed by atoms with Crippen LogP contribution < -0.4 is 0 Å². The van der Waals surface area contributed by atoms with Gasteiger partial charge in [-0.1, -0.05) is 66.7 Å². The fourth-order valence-corrected chi connectivity index (χ4v) is 4.34. The number of carbonyl (C=O) groups is 2. The first-order valence-electron chi connectivity index (χ1n) is 10.3. The molecule has 6 nitrogen and oxygen atoms in total. The molecule has 0 unspecified atom stereocenters. The molecule has 1 heterocycles. The molecule has 0 aliphatic carbocycles. The highest BCUT2D eigenvalue weighted by atomic mass is 16.7. The number of phenolic OH excluding ortho intramolecular Hbond substituents is 2. The third-order valence-electron chi connectivity index (χ3n) is 5.68. The van der Waals surface area contributed by atoms with Crippen molar-refractivity contribution in [2.45, 2.75) is 0 Å². The SMILES string of the molecule is C=CCON1C(=O)c2c(c(-c3ccccc3O)c3ccccc3c2-c2ccccc2O)C1=O. The smallest absolute Gasteiger partial charge is 0.286 e. The van der Waals surface area contributed by atoms with E-state index in [-0.39, 0.29) is 29.2 Å². The Kier molecular flexibility index (Phi) is 4.92. The molecule has 0 atom stereocenters. The molecule has 0 bridgehead atoms. The van der Waals surface area contributed by atoms with E-state index < -0.39 is 11.8 Å². The Balaban J connectivity index is 1.97. The van der Waals surface area contributed by atoms with Gasteiger partial charge in [-0.15, -0.1) is 11.6 Å². The van der Waals surface area contributed by atoms with Gasteiger partial charge in [-0.3, -0.25) is 14.4 Å². The second-order valence-electron chi connectivity index (χ2n) is 7.57. The van der Waals surface area contributed by atoms with Crippen LogP contribution in [0.4, 0.5) is 0 Å². The van der Waals surface area contributed by atoms with E-state index in [4.69, 9.17) is 4.84 Å². The highest BCUT2D eigenvalue weighted by Gasteiger charge is 2.43. The lowest BCUT2D eigenvalue weighted by molar-refractivity contribution is -0.0800. The van der Waals surface area contributed by atoms with E-state index in [0.717, 1.165) is 5.06 Å². The summed E-state index contributed by atoms with van der Waals surface area (Å²) in [5.41, 5.74) is 1.92. The summed E-state index contributed by atoms with van der Waals surface area (Å²) < 4.78 is 0. The molecular weight excluding hydrogens is 418 g/mol. The monoisotopic (exact) mass is 437 g/mol. The second kappa shape index (κ2) is 7.93. The van der Waals surface area contributed by atoms with E-state index in [1.54, 1.807) is 36.4 Å². The van der Waals surface area contributed by atoms with Crippen LogP contribution in [0.25, 0.3) is 33.0 Å². The van der Waals surface area contributed by atoms with Crippen LogP contribution in [0.1, 0.15) is 20.7 Å². The molecule has 2 N–H and O–H groups in total. The number of hydrogen-bond acceptors (Lipinski definition) is 5. The maximum Gasteiger partial charge on any atom is 0.286 e. The molecule has 0 saturated carbocycles. The number of aromatic hydroxyl groups is 2. The average Bonchev–Trinajstić information content (AvgIpc) is 3.07. The minimum atomic E-state index is -0.641. The first kappa shape index (κ1) is 20.5. The van der Waals surface area contributed by atoms with Crippen LogP contribution in [0, 0.1) is 0 Å². The number of hydroxylamine groups is 2. The van der Waals surface area contributed by atoms with Gasteiger partial charge >= 0.3 is 0 Å². The predicted molar refractivity (Wildman–Crippen MR) is 125 cm³/mol. The quantitative estimate of drug-likeness (QED) is 0.327. The van der Waals surface area contributed by atoms with Crippen molar-refractivity contribution in [1.82, 2.24) is 5.06 Å². The number of hydrogen-bond donors (Lipinski definition) is 2. The molecule has 2 amide bonds. The van der Waals surface area contributed by atoms with E-state index in [2.05, 4.69) is 6.58 Å². The Hall–Kier alpha value is -4.42. The van der Waals surface area contributed by atoms with Gasteiger partial charge in [0.2, 0.25) is 0 Å². The van der Waals surface area contributed by atoms with E-state index in [0.29, 0.717) is 33.0 Å². The molecule has 0 spiro atoms. The van der Waals surface area contributed by atoms with Gasteiger partial charge in [-0.2, -0.15) is 0 Å². The molecule has 1 aliphatic rings. The van der Waals surface area contributed by atoms with Crippen molar-refractivity contribution in [3.05, 3.63) is 96.6 Å². The van der Waals surface area contributed by atoms with Gasteiger partial charge in [-0.05, 0) is 22.9 Å². The van der Waals surface area contributed by atoms with Crippen LogP contribution in [-0.2, 0) is 4.84 Å². The van der Waals surface area contributed by atoms with E-state index in [1.165, 1.54) is 18.2 Å². The van der Waals surface area contributed by atoms with Crippen LogP contribution in [-0.4, -0.2) is 33.7 Å². The van der Waals surface area contributed by atoms with Gasteiger partial charge < -0.3 is 10.2 Å². The summed E-state index contributed by atoms with van der Waals surface area (Å²) in [5.74, 6) is -1.33. The van der Waals surface area contributed by atoms with Crippen molar-refractivity contribution in [2.75, 3.05) is 6.61 Å². The van der Waals surface area contributed by atoms with E-state index in [1.807, 2.05) is 24.3 Å². The van der Waals surface area contributed by atoms with Crippen molar-refractivity contribution < 1.29 is 24.6 Å². The molecule has 4 aromatic carbocycles. The third-order valence-corrected chi connectivity index (χ3v) is 5.68. The van der Waals surface area contributed by atoms with Gasteiger partial charge in [0.15, 0.2) is 0 Å². The highest BCUT2D eigenvalue weighted by Crippen LogP contribution is 2.48. The summed E-state index contributed by atoms with van der Waals surface area (Å²) in [6.07, 6.45) is 1.44. The van der Waals surface area contributed by atoms with Gasteiger partial charge in [0.05, 0.1) is 17.7 Å². The minimum Gasteiger partial charge on any atom is -0.507 e. The molecule has 0 fully saturated rings. The topological polar surface area (TPSA) is 87.1 Å². The molecule has 5 rings (SSSR count). The highest BCUT2D eigenvalue weighted by molar-refractivity contribution is 6.31. The molecule has 162 valence electrons. The predicted octanol–water partition coefficient (Wildman–Crippen LogP) is 5.30. The van der Waals surface area contributed by atoms with Gasteiger partial charge in [0, 0.05) is 22.3 Å². The van der Waals surface area contributed by atoms with Crippen molar-refractivity contribution in [3.8, 4) is 33.8 Å². The van der Waals surface area contributed by atoms with Crippen LogP contribution >= 0.6 is 0 Å². The van der Waals surface area contributed by atoms with Crippen molar-refractivity contribution in [2.24, 2.45) is 0 Å². The molecule has 4 aromatic rings. The number of phenols is 2. The fraction of sp³-hybridized carbons (Fsp3) is 0.0370. The number of nitrogens with zero attached hydrogens (tertiary/aromatic N) is 1. The fourth-order valence-electron chi connectivity index (χ4n) is 4.34. The lowest BCUT2D eigenvalue weighted by atomic mass is 9.84. The Morgan fingerprint density at radius 3 is 1.55 bits per heavy atom. The van der Waals surface area contributed by atoms with E-state index >= 15 is 0 Å². The lowest BCUT2D eigenvalue weighted by Crippen LogP contribution is -2.30. The minimum absolute atomic E-state index is 0.0223. The summed E-state index contributed by atoms with van der Waals surface area (Å²) >= 11 is 0. The maximum absolute atomic E-state index is 13.5. The standard InChI is InChI=1S/C27H19NO5/c1-2-15-33-28-26(31)24-22(18-11-5-7-13-20(18)29)16-9-3-4-10-17(16)23(25(24)27(28)32)19-12-6-8-14-21(19)30/h2-14,29-30H,1,15H2. The number of carbonyl (C=O) groups excluding carboxylic acids is 2. The van der Waals surface area contributed by atoms with Crippen LogP contribution in [0.3, 0.4) is 0 Å². The molecule has 6 heteroatoms. The summed E-state index contributed by atoms with van der Waals surface area (Å²) in [6, 6.07) is 20.6. The Morgan fingerprint density at radius 1 is 0.697 bits per heavy atom. The van der Waals surface area contributed by atoms with Gasteiger partial charge in [0.1, 0.15) is 11.5 Å². The average molecular weight is 437 g/mol. The number of fused-ring (bicyclic) bond motifs is 2. The first-order chi connectivity index (χ1) is 16.0. The zero-order valence-electron chi connectivity index (χ0n) is 17.5. The lowest BCUT2D eigenvalue weighted by Gasteiger charge is -2.17. The van der Waals surface area contributed by atoms with Crippen molar-refractivity contribution >= 4 is 22.6 Å². The maximum atomic E-state index is 13.5. The zero-order chi connectivity index (χ0) is 23.1. The first-order valence-corrected chi connectivity index (χ1v) is 10.3. The van der Waals surface area contributed by atoms with Gasteiger partial charge in [-0.25, -0.2) is 0 Å². The number of para-hydroxylation sites is 2. The van der Waals surface area contributed by atoms with E-state index in [9.17, 15) is 19.8 Å². The second-order valence-corrected chi connectivity index (χ2v) is 7.57. The summed E-state index contributed by atoms with van der Waals surface area (Å²) in [4.78, 5) is 32.5. The molecule has 1 aliphatic heterocycles. The third kappa shape index (κ3) is 3.08. The summed E-state index contributed by atoms with van der Waals surface area (Å²) in [6.45, 7) is 3.54. The van der Waals surface area contributed by atoms with Gasteiger partial charge in [0.25, 0.3) is 11.8 Å². The number of amides is 2. The summed E-state index contributed by atoms with van der Waals surface area (Å²) in [7, 11) is 0. The normalized spacial score (nSPS) is 12.9. The molecule has 0 aromatic heterocycles. The Bertz CT molecular complexity index is 1350. The molecular formula is C27H19NO5. The molecule has 33 heavy (non-hydrogen) atoms. The largest absolute Gasteiger partial charge is 0.507 e. The summed E-state index contributed by atoms with van der Waals surface area (Å²) in [5, 5.41) is 23.3. The number of rotatable bonds is 5. The number of imide groups is 1.